The number of carbonyl (C=O) groups is 2. The van der Waals surface area contributed by atoms with E-state index in [4.69, 9.17) is 11.6 Å². The van der Waals surface area contributed by atoms with E-state index in [0.717, 1.165) is 14.9 Å². The van der Waals surface area contributed by atoms with Gasteiger partial charge < -0.3 is 10.1 Å². The molecule has 0 aromatic carbocycles. The number of hydrogen-bond donors (Lipinski definition) is 1. The fourth-order valence-corrected chi connectivity index (χ4v) is 4.14. The topological polar surface area (TPSA) is 94.7 Å². The van der Waals surface area contributed by atoms with Crippen LogP contribution in [0.2, 0.25) is 4.34 Å². The average Bonchev–Trinajstić information content (AvgIpc) is 3.18. The van der Waals surface area contributed by atoms with E-state index in [-0.39, 0.29) is 30.9 Å². The van der Waals surface area contributed by atoms with Crippen LogP contribution in [-0.4, -0.2) is 33.2 Å². The van der Waals surface area contributed by atoms with Crippen LogP contribution in [0, 0.1) is 0 Å². The third kappa shape index (κ3) is 4.35. The fourth-order valence-electron chi connectivity index (χ4n) is 2.98. The third-order valence-electron chi connectivity index (χ3n) is 4.35. The van der Waals surface area contributed by atoms with E-state index >= 15 is 0 Å². The molecule has 0 bridgehead atoms. The fraction of sp³-hybridized carbons (Fsp3) is 0.368. The van der Waals surface area contributed by atoms with E-state index in [9.17, 15) is 14.4 Å². The number of amides is 1. The Morgan fingerprint density at radius 2 is 2.03 bits per heavy atom. The number of nitrogens with zero attached hydrogens (tertiary/aromatic N) is 3. The summed E-state index contributed by atoms with van der Waals surface area (Å²) in [6.07, 6.45) is 0.369. The summed E-state index contributed by atoms with van der Waals surface area (Å²) >= 11 is 7.50. The molecule has 3 aromatic heterocycles. The number of thiophene rings is 1. The molecule has 0 aliphatic heterocycles. The van der Waals surface area contributed by atoms with E-state index in [1.807, 2.05) is 19.9 Å². The van der Waals surface area contributed by atoms with Gasteiger partial charge in [-0.05, 0) is 18.6 Å². The van der Waals surface area contributed by atoms with Crippen LogP contribution in [-0.2, 0) is 20.9 Å². The number of nitrogens with one attached hydrogen (secondary N) is 1. The minimum atomic E-state index is -0.440. The first-order chi connectivity index (χ1) is 13.7. The number of allylic oxidation sites excluding steroid dienone is 1. The lowest BCUT2D eigenvalue weighted by molar-refractivity contribution is -0.140. The molecule has 0 aliphatic carbocycles. The smallest absolute Gasteiger partial charge is 0.305 e. The summed E-state index contributed by atoms with van der Waals surface area (Å²) in [6.45, 7) is 7.40. The van der Waals surface area contributed by atoms with E-state index in [1.165, 1.54) is 18.4 Å². The molecule has 0 unspecified atom stereocenters. The monoisotopic (exact) mass is 436 g/mol. The molecule has 0 atom stereocenters. The Labute approximate surface area is 175 Å². The standard InChI is InChI=1S/C19H21ClN4O4S/c1-10(2)18-22-23(9-16(25)21-11(3)5-6-17(26)28-4)19(27)13-7-14-12(24(13)18)8-15(20)29-14/h7-8,10H,3,5-6,9H2,1-2,4H3,(H,21,25). The molecule has 0 fully saturated rings. The maximum Gasteiger partial charge on any atom is 0.305 e. The number of ether oxygens (including phenoxy) is 1. The first kappa shape index (κ1) is 21.1. The van der Waals surface area contributed by atoms with Gasteiger partial charge in [0, 0.05) is 11.6 Å². The molecule has 3 aromatic rings. The van der Waals surface area contributed by atoms with Crippen molar-refractivity contribution in [3.63, 3.8) is 0 Å². The van der Waals surface area contributed by atoms with Crippen LogP contribution in [0.5, 0.6) is 0 Å². The van der Waals surface area contributed by atoms with Gasteiger partial charge in [0.2, 0.25) is 5.91 Å². The molecule has 154 valence electrons. The molecule has 0 aliphatic rings. The molecule has 1 amide bonds. The van der Waals surface area contributed by atoms with E-state index in [2.05, 4.69) is 21.7 Å². The van der Waals surface area contributed by atoms with Gasteiger partial charge >= 0.3 is 5.97 Å². The van der Waals surface area contributed by atoms with Gasteiger partial charge in [0.15, 0.2) is 0 Å². The number of hydrogen-bond acceptors (Lipinski definition) is 6. The summed E-state index contributed by atoms with van der Waals surface area (Å²) in [5.41, 5.74) is 1.27. The van der Waals surface area contributed by atoms with Crippen molar-refractivity contribution in [3.05, 3.63) is 44.9 Å². The number of methoxy groups -OCH3 is 1. The molecule has 10 heteroatoms. The van der Waals surface area contributed by atoms with Gasteiger partial charge in [-0.2, -0.15) is 5.10 Å². The predicted octanol–water partition coefficient (Wildman–Crippen LogP) is 3.07. The Morgan fingerprint density at radius 3 is 2.69 bits per heavy atom. The third-order valence-corrected chi connectivity index (χ3v) is 5.55. The lowest BCUT2D eigenvalue weighted by Crippen LogP contribution is -2.35. The highest BCUT2D eigenvalue weighted by Gasteiger charge is 2.19. The zero-order valence-corrected chi connectivity index (χ0v) is 17.9. The van der Waals surface area contributed by atoms with Crippen molar-refractivity contribution in [2.24, 2.45) is 0 Å². The molecule has 1 N–H and O–H groups in total. The van der Waals surface area contributed by atoms with Crippen LogP contribution in [0.1, 0.15) is 38.4 Å². The molecule has 29 heavy (non-hydrogen) atoms. The summed E-state index contributed by atoms with van der Waals surface area (Å²) in [5.74, 6) is -0.165. The average molecular weight is 437 g/mol. The van der Waals surface area contributed by atoms with Crippen LogP contribution >= 0.6 is 22.9 Å². The SMILES string of the molecule is C=C(CCC(=O)OC)NC(=O)Cn1nc(C(C)C)n2c(cc3sc(Cl)cc32)c1=O. The first-order valence-corrected chi connectivity index (χ1v) is 10.2. The van der Waals surface area contributed by atoms with Gasteiger partial charge in [-0.3, -0.25) is 18.8 Å². The summed E-state index contributed by atoms with van der Waals surface area (Å²) in [5, 5.41) is 7.03. The highest BCUT2D eigenvalue weighted by atomic mass is 35.5. The Kier molecular flexibility index (Phi) is 6.09. The van der Waals surface area contributed by atoms with E-state index < -0.39 is 11.9 Å². The van der Waals surface area contributed by atoms with Crippen molar-refractivity contribution >= 4 is 50.5 Å². The largest absolute Gasteiger partial charge is 0.469 e. The van der Waals surface area contributed by atoms with Crippen molar-refractivity contribution in [2.45, 2.75) is 39.2 Å². The number of esters is 1. The van der Waals surface area contributed by atoms with Crippen LogP contribution in [0.15, 0.2) is 29.2 Å². The first-order valence-electron chi connectivity index (χ1n) is 8.97. The van der Waals surface area contributed by atoms with Crippen molar-refractivity contribution in [3.8, 4) is 0 Å². The van der Waals surface area contributed by atoms with Crippen LogP contribution in [0.3, 0.4) is 0 Å². The Balaban J connectivity index is 1.89. The molecule has 8 nitrogen and oxygen atoms in total. The van der Waals surface area contributed by atoms with Crippen molar-refractivity contribution in [2.75, 3.05) is 7.11 Å². The highest BCUT2D eigenvalue weighted by molar-refractivity contribution is 7.22. The van der Waals surface area contributed by atoms with Gasteiger partial charge in [0.25, 0.3) is 5.56 Å². The highest BCUT2D eigenvalue weighted by Crippen LogP contribution is 2.32. The maximum absolute atomic E-state index is 12.9. The number of halogens is 1. The lowest BCUT2D eigenvalue weighted by atomic mass is 10.2. The van der Waals surface area contributed by atoms with Gasteiger partial charge in [-0.1, -0.05) is 32.0 Å². The summed E-state index contributed by atoms with van der Waals surface area (Å²) in [7, 11) is 1.30. The second kappa shape index (κ2) is 8.38. The maximum atomic E-state index is 12.9. The van der Waals surface area contributed by atoms with Crippen molar-refractivity contribution < 1.29 is 14.3 Å². The Bertz CT molecular complexity index is 1170. The molecule has 0 saturated heterocycles. The van der Waals surface area contributed by atoms with Gasteiger partial charge in [0.1, 0.15) is 17.9 Å². The minimum Gasteiger partial charge on any atom is -0.469 e. The van der Waals surface area contributed by atoms with Crippen LogP contribution < -0.4 is 10.9 Å². The molecular weight excluding hydrogens is 416 g/mol. The summed E-state index contributed by atoms with van der Waals surface area (Å²) < 4.78 is 9.03. The summed E-state index contributed by atoms with van der Waals surface area (Å²) in [4.78, 5) is 36.5. The zero-order valence-electron chi connectivity index (χ0n) is 16.3. The number of carbonyl (C=O) groups excluding carboxylic acids is 2. The summed E-state index contributed by atoms with van der Waals surface area (Å²) in [6, 6.07) is 3.58. The second-order valence-electron chi connectivity index (χ2n) is 6.87. The van der Waals surface area contributed by atoms with Crippen LogP contribution in [0.25, 0.3) is 15.7 Å². The quantitative estimate of drug-likeness (QED) is 0.574. The van der Waals surface area contributed by atoms with Crippen molar-refractivity contribution in [1.82, 2.24) is 19.5 Å². The zero-order chi connectivity index (χ0) is 21.3. The lowest BCUT2D eigenvalue weighted by Gasteiger charge is -2.13. The molecule has 0 saturated carbocycles. The molecule has 3 rings (SSSR count). The molecular formula is C19H21ClN4O4S. The Hall–Kier alpha value is -2.65. The number of rotatable bonds is 7. The molecule has 3 heterocycles. The minimum absolute atomic E-state index is 0.0108. The van der Waals surface area contributed by atoms with Gasteiger partial charge in [0.05, 0.1) is 28.1 Å². The molecule has 0 radical (unpaired) electrons. The van der Waals surface area contributed by atoms with Gasteiger partial charge in [-0.15, -0.1) is 11.3 Å². The Morgan fingerprint density at radius 1 is 1.31 bits per heavy atom. The van der Waals surface area contributed by atoms with E-state index in [1.54, 1.807) is 10.5 Å². The number of fused-ring (bicyclic) bond motifs is 3. The normalized spacial score (nSPS) is 11.3. The number of aromatic nitrogens is 3. The molecule has 0 spiro atoms. The van der Waals surface area contributed by atoms with Gasteiger partial charge in [-0.25, -0.2) is 4.68 Å². The van der Waals surface area contributed by atoms with Crippen molar-refractivity contribution in [1.29, 1.82) is 0 Å². The second-order valence-corrected chi connectivity index (χ2v) is 8.58. The predicted molar refractivity (Wildman–Crippen MR) is 112 cm³/mol. The van der Waals surface area contributed by atoms with Crippen LogP contribution in [0.4, 0.5) is 0 Å². The van der Waals surface area contributed by atoms with E-state index in [0.29, 0.717) is 21.4 Å².